The molecule has 1 saturated heterocycles. The molecule has 0 spiro atoms. The van der Waals surface area contributed by atoms with Gasteiger partial charge in [-0.1, -0.05) is 10.3 Å². The largest absolute Gasteiger partial charge is 0.361 e. The van der Waals surface area contributed by atoms with Crippen molar-refractivity contribution in [1.82, 2.24) is 20.2 Å². The molecule has 6 nitrogen and oxygen atoms in total. The van der Waals surface area contributed by atoms with Crippen LogP contribution in [-0.4, -0.2) is 33.3 Å². The second-order valence-corrected chi connectivity index (χ2v) is 5.20. The van der Waals surface area contributed by atoms with Crippen molar-refractivity contribution in [2.24, 2.45) is 0 Å². The van der Waals surface area contributed by atoms with Gasteiger partial charge in [-0.15, -0.1) is 0 Å². The molecule has 1 aliphatic heterocycles. The Morgan fingerprint density at radius 3 is 2.68 bits per heavy atom. The van der Waals surface area contributed by atoms with Crippen LogP contribution in [0, 0.1) is 20.8 Å². The van der Waals surface area contributed by atoms with Crippen LogP contribution >= 0.6 is 0 Å². The minimum Gasteiger partial charge on any atom is -0.361 e. The van der Waals surface area contributed by atoms with Gasteiger partial charge >= 0.3 is 0 Å². The molecular weight excluding hydrogens is 244 g/mol. The summed E-state index contributed by atoms with van der Waals surface area (Å²) in [6.07, 6.45) is 1.06. The molecule has 2 aromatic heterocycles. The summed E-state index contributed by atoms with van der Waals surface area (Å²) in [6, 6.07) is 0. The molecule has 0 bridgehead atoms. The predicted molar refractivity (Wildman–Crippen MR) is 67.6 cm³/mol. The summed E-state index contributed by atoms with van der Waals surface area (Å²) in [6.45, 7) is 8.67. The second kappa shape index (κ2) is 4.77. The quantitative estimate of drug-likeness (QED) is 0.842. The molecule has 3 rings (SSSR count). The molecule has 3 heterocycles. The molecule has 0 amide bonds. The first-order chi connectivity index (χ1) is 9.13. The zero-order chi connectivity index (χ0) is 13.4. The summed E-state index contributed by atoms with van der Waals surface area (Å²) in [4.78, 5) is 6.71. The van der Waals surface area contributed by atoms with E-state index in [-0.39, 0.29) is 0 Å². The Morgan fingerprint density at radius 2 is 2.05 bits per heavy atom. The second-order valence-electron chi connectivity index (χ2n) is 5.20. The van der Waals surface area contributed by atoms with E-state index in [2.05, 4.69) is 20.2 Å². The lowest BCUT2D eigenvalue weighted by Gasteiger charge is -2.14. The van der Waals surface area contributed by atoms with Gasteiger partial charge in [-0.2, -0.15) is 4.98 Å². The number of aryl methyl sites for hydroxylation is 3. The SMILES string of the molecule is Cc1noc(C2CCN(Cc3c(C)noc3C)C2)n1. The van der Waals surface area contributed by atoms with E-state index in [9.17, 15) is 0 Å². The van der Waals surface area contributed by atoms with Crippen LogP contribution in [0.4, 0.5) is 0 Å². The van der Waals surface area contributed by atoms with Crippen LogP contribution < -0.4 is 0 Å². The monoisotopic (exact) mass is 262 g/mol. The van der Waals surface area contributed by atoms with Gasteiger partial charge in [0.1, 0.15) is 5.76 Å². The highest BCUT2D eigenvalue weighted by Crippen LogP contribution is 2.28. The molecule has 0 radical (unpaired) electrons. The lowest BCUT2D eigenvalue weighted by molar-refractivity contribution is 0.306. The van der Waals surface area contributed by atoms with Gasteiger partial charge < -0.3 is 9.05 Å². The van der Waals surface area contributed by atoms with Crippen molar-refractivity contribution >= 4 is 0 Å². The Bertz CT molecular complexity index is 555. The summed E-state index contributed by atoms with van der Waals surface area (Å²) in [5.41, 5.74) is 2.18. The standard InChI is InChI=1S/C13H18N4O2/c1-8-12(9(2)18-15-8)7-17-5-4-11(6-17)13-14-10(3)16-19-13/h11H,4-7H2,1-3H3. The molecule has 0 saturated carbocycles. The minimum absolute atomic E-state index is 0.349. The molecule has 19 heavy (non-hydrogen) atoms. The zero-order valence-electron chi connectivity index (χ0n) is 11.5. The highest BCUT2D eigenvalue weighted by Gasteiger charge is 2.29. The molecule has 2 aromatic rings. The van der Waals surface area contributed by atoms with E-state index in [1.54, 1.807) is 0 Å². The number of rotatable bonds is 3. The van der Waals surface area contributed by atoms with Gasteiger partial charge in [-0.05, 0) is 33.7 Å². The Morgan fingerprint density at radius 1 is 1.21 bits per heavy atom. The first-order valence-corrected chi connectivity index (χ1v) is 6.58. The maximum absolute atomic E-state index is 5.26. The highest BCUT2D eigenvalue weighted by atomic mass is 16.5. The molecule has 102 valence electrons. The third-order valence-electron chi connectivity index (χ3n) is 3.73. The maximum Gasteiger partial charge on any atom is 0.231 e. The minimum atomic E-state index is 0.349. The summed E-state index contributed by atoms with van der Waals surface area (Å²) in [7, 11) is 0. The van der Waals surface area contributed by atoms with E-state index >= 15 is 0 Å². The zero-order valence-corrected chi connectivity index (χ0v) is 11.5. The van der Waals surface area contributed by atoms with Gasteiger partial charge in [-0.25, -0.2) is 0 Å². The fourth-order valence-electron chi connectivity index (χ4n) is 2.61. The average Bonchev–Trinajstić information content (AvgIpc) is 3.06. The predicted octanol–water partition coefficient (Wildman–Crippen LogP) is 1.97. The number of aromatic nitrogens is 3. The molecule has 6 heteroatoms. The van der Waals surface area contributed by atoms with Crippen molar-refractivity contribution in [2.45, 2.75) is 39.7 Å². The van der Waals surface area contributed by atoms with Crippen molar-refractivity contribution in [1.29, 1.82) is 0 Å². The van der Waals surface area contributed by atoms with Crippen molar-refractivity contribution in [3.05, 3.63) is 28.7 Å². The van der Waals surface area contributed by atoms with Crippen LogP contribution in [0.15, 0.2) is 9.05 Å². The van der Waals surface area contributed by atoms with E-state index in [1.807, 2.05) is 20.8 Å². The first kappa shape index (κ1) is 12.3. The van der Waals surface area contributed by atoms with Crippen molar-refractivity contribution in [2.75, 3.05) is 13.1 Å². The van der Waals surface area contributed by atoms with Gasteiger partial charge in [0.25, 0.3) is 0 Å². The van der Waals surface area contributed by atoms with Gasteiger partial charge in [0.15, 0.2) is 5.82 Å². The van der Waals surface area contributed by atoms with Crippen molar-refractivity contribution < 1.29 is 9.05 Å². The van der Waals surface area contributed by atoms with E-state index in [4.69, 9.17) is 9.05 Å². The topological polar surface area (TPSA) is 68.2 Å². The number of hydrogen-bond donors (Lipinski definition) is 0. The van der Waals surface area contributed by atoms with Crippen molar-refractivity contribution in [3.8, 4) is 0 Å². The summed E-state index contributed by atoms with van der Waals surface area (Å²) in [5.74, 6) is 2.73. The molecule has 0 aromatic carbocycles. The Balaban J connectivity index is 1.66. The third-order valence-corrected chi connectivity index (χ3v) is 3.73. The molecular formula is C13H18N4O2. The maximum atomic E-state index is 5.26. The summed E-state index contributed by atoms with van der Waals surface area (Å²) < 4.78 is 10.5. The van der Waals surface area contributed by atoms with Crippen LogP contribution in [0.25, 0.3) is 0 Å². The highest BCUT2D eigenvalue weighted by molar-refractivity contribution is 5.20. The molecule has 1 unspecified atom stereocenters. The lowest BCUT2D eigenvalue weighted by Crippen LogP contribution is -2.20. The summed E-state index contributed by atoms with van der Waals surface area (Å²) >= 11 is 0. The normalized spacial score (nSPS) is 20.3. The van der Waals surface area contributed by atoms with Crippen LogP contribution in [0.1, 0.15) is 41.1 Å². The molecule has 1 fully saturated rings. The van der Waals surface area contributed by atoms with Gasteiger partial charge in [0, 0.05) is 18.7 Å². The number of hydrogen-bond acceptors (Lipinski definition) is 6. The Labute approximate surface area is 111 Å². The number of likely N-dealkylation sites (tertiary alicyclic amines) is 1. The molecule has 0 aliphatic carbocycles. The van der Waals surface area contributed by atoms with Crippen LogP contribution in [0.3, 0.4) is 0 Å². The van der Waals surface area contributed by atoms with E-state index in [1.165, 1.54) is 5.56 Å². The van der Waals surface area contributed by atoms with Crippen LogP contribution in [0.5, 0.6) is 0 Å². The fourth-order valence-corrected chi connectivity index (χ4v) is 2.61. The van der Waals surface area contributed by atoms with Gasteiger partial charge in [-0.3, -0.25) is 4.90 Å². The van der Waals surface area contributed by atoms with Crippen LogP contribution in [0.2, 0.25) is 0 Å². The van der Waals surface area contributed by atoms with Crippen molar-refractivity contribution in [3.63, 3.8) is 0 Å². The summed E-state index contributed by atoms with van der Waals surface area (Å²) in [5, 5.41) is 7.86. The van der Waals surface area contributed by atoms with Crippen LogP contribution in [-0.2, 0) is 6.54 Å². The first-order valence-electron chi connectivity index (χ1n) is 6.58. The van der Waals surface area contributed by atoms with E-state index in [0.717, 1.165) is 43.4 Å². The molecule has 1 aliphatic rings. The smallest absolute Gasteiger partial charge is 0.231 e. The average molecular weight is 262 g/mol. The third kappa shape index (κ3) is 2.40. The Kier molecular flexibility index (Phi) is 3.10. The number of nitrogens with zero attached hydrogens (tertiary/aromatic N) is 4. The van der Waals surface area contributed by atoms with Gasteiger partial charge in [0.05, 0.1) is 11.6 Å². The fraction of sp³-hybridized carbons (Fsp3) is 0.615. The molecule has 1 atom stereocenters. The lowest BCUT2D eigenvalue weighted by atomic mass is 10.1. The Hall–Kier alpha value is -1.69. The molecule has 0 N–H and O–H groups in total. The van der Waals surface area contributed by atoms with E-state index < -0.39 is 0 Å². The van der Waals surface area contributed by atoms with Gasteiger partial charge in [0.2, 0.25) is 5.89 Å². The van der Waals surface area contributed by atoms with E-state index in [0.29, 0.717) is 11.7 Å².